The third-order valence-corrected chi connectivity index (χ3v) is 3.94. The molecule has 0 atom stereocenters. The van der Waals surface area contributed by atoms with Gasteiger partial charge in [-0.3, -0.25) is 25.0 Å². The molecule has 3 aromatic carbocycles. The first-order chi connectivity index (χ1) is 14.8. The molecule has 0 spiro atoms. The van der Waals surface area contributed by atoms with E-state index in [9.17, 15) is 29.4 Å². The molecular formula is C20H13FN4O6. The molecule has 31 heavy (non-hydrogen) atoms. The van der Waals surface area contributed by atoms with Gasteiger partial charge in [-0.25, -0.2) is 9.82 Å². The summed E-state index contributed by atoms with van der Waals surface area (Å²) in [4.78, 5) is 32.3. The van der Waals surface area contributed by atoms with E-state index in [0.717, 1.165) is 30.3 Å². The van der Waals surface area contributed by atoms with E-state index < -0.39 is 32.9 Å². The Labute approximate surface area is 173 Å². The highest BCUT2D eigenvalue weighted by Gasteiger charge is 2.21. The van der Waals surface area contributed by atoms with Gasteiger partial charge < -0.3 is 4.74 Å². The van der Waals surface area contributed by atoms with Crippen LogP contribution < -0.4 is 10.2 Å². The molecule has 11 heteroatoms. The van der Waals surface area contributed by atoms with Crippen molar-refractivity contribution in [2.45, 2.75) is 0 Å². The Morgan fingerprint density at radius 3 is 2.26 bits per heavy atom. The first-order valence-electron chi connectivity index (χ1n) is 8.63. The zero-order chi connectivity index (χ0) is 22.4. The Balaban J connectivity index is 1.66. The summed E-state index contributed by atoms with van der Waals surface area (Å²) in [6.45, 7) is 0. The summed E-state index contributed by atoms with van der Waals surface area (Å²) in [5.74, 6) is -0.865. The molecule has 1 amide bonds. The van der Waals surface area contributed by atoms with Gasteiger partial charge in [-0.05, 0) is 60.2 Å². The molecule has 0 aromatic heterocycles. The van der Waals surface area contributed by atoms with E-state index in [1.165, 1.54) is 30.5 Å². The van der Waals surface area contributed by atoms with Crippen molar-refractivity contribution in [2.24, 2.45) is 5.10 Å². The first kappa shape index (κ1) is 21.0. The summed E-state index contributed by atoms with van der Waals surface area (Å²) < 4.78 is 18.3. The van der Waals surface area contributed by atoms with Crippen LogP contribution in [0.25, 0.3) is 0 Å². The Morgan fingerprint density at radius 1 is 0.968 bits per heavy atom. The molecular weight excluding hydrogens is 411 g/mol. The fourth-order valence-electron chi connectivity index (χ4n) is 2.43. The van der Waals surface area contributed by atoms with Crippen LogP contribution in [0.5, 0.6) is 11.5 Å². The maximum Gasteiger partial charge on any atom is 0.318 e. The van der Waals surface area contributed by atoms with Crippen LogP contribution in [0.2, 0.25) is 0 Å². The van der Waals surface area contributed by atoms with E-state index in [2.05, 4.69) is 10.5 Å². The van der Waals surface area contributed by atoms with Gasteiger partial charge in [0, 0.05) is 11.6 Å². The van der Waals surface area contributed by atoms with Crippen LogP contribution in [-0.4, -0.2) is 22.0 Å². The van der Waals surface area contributed by atoms with Crippen LogP contribution in [0.3, 0.4) is 0 Å². The summed E-state index contributed by atoms with van der Waals surface area (Å²) in [6.07, 6.45) is 1.36. The number of nitro benzene ring substituents is 2. The van der Waals surface area contributed by atoms with E-state index in [0.29, 0.717) is 5.56 Å². The van der Waals surface area contributed by atoms with Crippen LogP contribution in [0.1, 0.15) is 15.9 Å². The van der Waals surface area contributed by atoms with Crippen molar-refractivity contribution in [2.75, 3.05) is 0 Å². The predicted molar refractivity (Wildman–Crippen MR) is 108 cm³/mol. The molecule has 0 fully saturated rings. The average Bonchev–Trinajstić information content (AvgIpc) is 2.75. The average molecular weight is 424 g/mol. The van der Waals surface area contributed by atoms with Crippen LogP contribution >= 0.6 is 0 Å². The molecule has 1 N–H and O–H groups in total. The molecule has 0 radical (unpaired) electrons. The van der Waals surface area contributed by atoms with Gasteiger partial charge in [-0.1, -0.05) is 0 Å². The minimum atomic E-state index is -0.771. The van der Waals surface area contributed by atoms with E-state index in [1.807, 2.05) is 0 Å². The number of carbonyl (C=O) groups is 1. The number of non-ortho nitro benzene ring substituents is 1. The highest BCUT2D eigenvalue weighted by atomic mass is 19.1. The summed E-state index contributed by atoms with van der Waals surface area (Å²) >= 11 is 0. The number of hydrogen-bond donors (Lipinski definition) is 1. The fourth-order valence-corrected chi connectivity index (χ4v) is 2.43. The number of hydrazone groups is 1. The van der Waals surface area contributed by atoms with Gasteiger partial charge >= 0.3 is 5.69 Å². The second-order valence-corrected chi connectivity index (χ2v) is 6.04. The Morgan fingerprint density at radius 2 is 1.65 bits per heavy atom. The monoisotopic (exact) mass is 424 g/mol. The molecule has 0 aliphatic heterocycles. The number of halogens is 1. The zero-order valence-corrected chi connectivity index (χ0v) is 15.6. The zero-order valence-electron chi connectivity index (χ0n) is 15.6. The first-order valence-corrected chi connectivity index (χ1v) is 8.63. The topological polar surface area (TPSA) is 137 Å². The van der Waals surface area contributed by atoms with Gasteiger partial charge in [0.05, 0.1) is 22.1 Å². The van der Waals surface area contributed by atoms with Crippen LogP contribution in [0.4, 0.5) is 15.8 Å². The van der Waals surface area contributed by atoms with Gasteiger partial charge in [0.25, 0.3) is 11.6 Å². The lowest BCUT2D eigenvalue weighted by Gasteiger charge is -2.06. The Hall–Kier alpha value is -4.67. The fraction of sp³-hybridized carbons (Fsp3) is 0. The van der Waals surface area contributed by atoms with Gasteiger partial charge in [0.2, 0.25) is 5.75 Å². The molecule has 3 aromatic rings. The second kappa shape index (κ2) is 9.22. The van der Waals surface area contributed by atoms with E-state index in [1.54, 1.807) is 12.1 Å². The molecule has 0 aliphatic rings. The van der Waals surface area contributed by atoms with Crippen molar-refractivity contribution in [3.63, 3.8) is 0 Å². The summed E-state index contributed by atoms with van der Waals surface area (Å²) in [5.41, 5.74) is 2.17. The molecule has 0 bridgehead atoms. The molecule has 0 aliphatic carbocycles. The lowest BCUT2D eigenvalue weighted by atomic mass is 10.2. The van der Waals surface area contributed by atoms with Crippen LogP contribution in [0, 0.1) is 26.0 Å². The third-order valence-electron chi connectivity index (χ3n) is 3.94. The minimum absolute atomic E-state index is 0.149. The van der Waals surface area contributed by atoms with Crippen LogP contribution in [-0.2, 0) is 0 Å². The van der Waals surface area contributed by atoms with Crippen molar-refractivity contribution in [3.05, 3.63) is 104 Å². The van der Waals surface area contributed by atoms with Gasteiger partial charge in [0.1, 0.15) is 11.6 Å². The van der Waals surface area contributed by atoms with Crippen molar-refractivity contribution < 1.29 is 23.8 Å². The lowest BCUT2D eigenvalue weighted by Crippen LogP contribution is -2.17. The molecule has 0 unspecified atom stereocenters. The quantitative estimate of drug-likeness (QED) is 0.343. The number of nitrogens with zero attached hydrogens (tertiary/aromatic N) is 3. The summed E-state index contributed by atoms with van der Waals surface area (Å²) in [7, 11) is 0. The van der Waals surface area contributed by atoms with Crippen molar-refractivity contribution in [3.8, 4) is 11.5 Å². The number of ether oxygens (including phenoxy) is 1. The number of carbonyl (C=O) groups excluding carboxylic acids is 1. The number of nitro groups is 2. The molecule has 3 rings (SSSR count). The minimum Gasteiger partial charge on any atom is -0.450 e. The number of rotatable bonds is 7. The molecule has 0 heterocycles. The number of hydrogen-bond acceptors (Lipinski definition) is 7. The predicted octanol–water partition coefficient (Wildman–Crippen LogP) is 4.20. The largest absolute Gasteiger partial charge is 0.450 e. The third kappa shape index (κ3) is 5.44. The van der Waals surface area contributed by atoms with E-state index >= 15 is 0 Å². The van der Waals surface area contributed by atoms with E-state index in [-0.39, 0.29) is 17.1 Å². The highest BCUT2D eigenvalue weighted by Crippen LogP contribution is 2.34. The summed E-state index contributed by atoms with van der Waals surface area (Å²) in [6, 6.07) is 14.2. The Bertz CT molecular complexity index is 1160. The van der Waals surface area contributed by atoms with Gasteiger partial charge in [0.15, 0.2) is 0 Å². The normalized spacial score (nSPS) is 10.6. The van der Waals surface area contributed by atoms with Gasteiger partial charge in [-0.2, -0.15) is 5.10 Å². The lowest BCUT2D eigenvalue weighted by molar-refractivity contribution is -0.394. The second-order valence-electron chi connectivity index (χ2n) is 6.04. The molecule has 10 nitrogen and oxygen atoms in total. The number of benzene rings is 3. The highest BCUT2D eigenvalue weighted by molar-refractivity contribution is 5.94. The van der Waals surface area contributed by atoms with Crippen molar-refractivity contribution in [1.29, 1.82) is 0 Å². The maximum atomic E-state index is 12.9. The van der Waals surface area contributed by atoms with Crippen molar-refractivity contribution >= 4 is 23.5 Å². The standard InChI is InChI=1S/C20H13FN4O6/c21-15-5-3-14(4-6-15)20(26)23-22-12-13-1-8-17(9-2-13)31-19-10-7-16(24(27)28)11-18(19)25(29)30/h1-12H,(H,23,26)/b22-12+. The Kier molecular flexibility index (Phi) is 6.26. The van der Waals surface area contributed by atoms with Crippen LogP contribution in [0.15, 0.2) is 71.8 Å². The van der Waals surface area contributed by atoms with Gasteiger partial charge in [-0.15, -0.1) is 0 Å². The molecule has 156 valence electrons. The maximum absolute atomic E-state index is 12.9. The number of nitrogens with one attached hydrogen (secondary N) is 1. The van der Waals surface area contributed by atoms with Crippen molar-refractivity contribution in [1.82, 2.24) is 5.43 Å². The summed E-state index contributed by atoms with van der Waals surface area (Å²) in [5, 5.41) is 25.8. The smallest absolute Gasteiger partial charge is 0.318 e. The SMILES string of the molecule is O=C(N/N=C/c1ccc(Oc2ccc([N+](=O)[O-])cc2[N+](=O)[O-])cc1)c1ccc(F)cc1. The molecule has 0 saturated carbocycles. The number of amides is 1. The van der Waals surface area contributed by atoms with E-state index in [4.69, 9.17) is 4.74 Å². The molecule has 0 saturated heterocycles.